The predicted octanol–water partition coefficient (Wildman–Crippen LogP) is 4.71. The van der Waals surface area contributed by atoms with Crippen LogP contribution in [-0.4, -0.2) is 16.3 Å². The van der Waals surface area contributed by atoms with E-state index in [4.69, 9.17) is 0 Å². The molecule has 1 N–H and O–H groups in total. The standard InChI is InChI=1S/C16H14F3N3O/c1-4-12-13(5-2)21-15(9-20-12)22-14-7-6-11(8-10(14)3)23-16(17,18)19/h4-9H,1-2H2,3H3,(H,21,22). The second-order valence-corrected chi connectivity index (χ2v) is 4.58. The monoisotopic (exact) mass is 321 g/mol. The van der Waals surface area contributed by atoms with Gasteiger partial charge in [-0.15, -0.1) is 13.2 Å². The zero-order valence-corrected chi connectivity index (χ0v) is 12.3. The van der Waals surface area contributed by atoms with Gasteiger partial charge in [0.2, 0.25) is 0 Å². The van der Waals surface area contributed by atoms with Crippen LogP contribution in [0, 0.1) is 6.92 Å². The first-order valence-electron chi connectivity index (χ1n) is 6.57. The van der Waals surface area contributed by atoms with Crippen molar-refractivity contribution in [3.63, 3.8) is 0 Å². The van der Waals surface area contributed by atoms with Crippen LogP contribution in [0.2, 0.25) is 0 Å². The first-order valence-corrected chi connectivity index (χ1v) is 6.57. The molecular formula is C16H14F3N3O. The summed E-state index contributed by atoms with van der Waals surface area (Å²) in [7, 11) is 0. The Bertz CT molecular complexity index is 742. The molecule has 1 aromatic carbocycles. The summed E-state index contributed by atoms with van der Waals surface area (Å²) in [6.45, 7) is 8.94. The van der Waals surface area contributed by atoms with E-state index in [1.807, 2.05) is 0 Å². The molecule has 0 aliphatic rings. The Labute approximate surface area is 131 Å². The van der Waals surface area contributed by atoms with Crippen molar-refractivity contribution in [2.24, 2.45) is 0 Å². The molecule has 0 atom stereocenters. The number of aromatic nitrogens is 2. The minimum absolute atomic E-state index is 0.277. The normalized spacial score (nSPS) is 11.0. The van der Waals surface area contributed by atoms with Crippen molar-refractivity contribution in [1.82, 2.24) is 9.97 Å². The third-order valence-corrected chi connectivity index (χ3v) is 2.91. The van der Waals surface area contributed by atoms with E-state index < -0.39 is 6.36 Å². The number of nitrogens with zero attached hydrogens (tertiary/aromatic N) is 2. The van der Waals surface area contributed by atoms with Gasteiger partial charge in [-0.25, -0.2) is 4.98 Å². The van der Waals surface area contributed by atoms with E-state index in [-0.39, 0.29) is 5.75 Å². The highest BCUT2D eigenvalue weighted by Gasteiger charge is 2.31. The first-order chi connectivity index (χ1) is 10.8. The molecule has 0 aliphatic heterocycles. The van der Waals surface area contributed by atoms with Crippen molar-refractivity contribution in [1.29, 1.82) is 0 Å². The predicted molar refractivity (Wildman–Crippen MR) is 83.4 cm³/mol. The maximum Gasteiger partial charge on any atom is 0.573 e. The number of rotatable bonds is 5. The molecule has 0 saturated heterocycles. The molecule has 120 valence electrons. The fourth-order valence-electron chi connectivity index (χ4n) is 1.89. The van der Waals surface area contributed by atoms with E-state index in [0.717, 1.165) is 0 Å². The topological polar surface area (TPSA) is 47.0 Å². The maximum absolute atomic E-state index is 12.2. The van der Waals surface area contributed by atoms with E-state index in [1.165, 1.54) is 24.4 Å². The molecule has 0 amide bonds. The number of benzene rings is 1. The molecule has 0 fully saturated rings. The average molecular weight is 321 g/mol. The Morgan fingerprint density at radius 3 is 2.43 bits per heavy atom. The molecule has 1 heterocycles. The van der Waals surface area contributed by atoms with Gasteiger partial charge in [0.25, 0.3) is 0 Å². The summed E-state index contributed by atoms with van der Waals surface area (Å²) in [6, 6.07) is 3.99. The van der Waals surface area contributed by atoms with Crippen LogP contribution < -0.4 is 10.1 Å². The van der Waals surface area contributed by atoms with Crippen LogP contribution in [0.25, 0.3) is 12.2 Å². The lowest BCUT2D eigenvalue weighted by Crippen LogP contribution is -2.17. The van der Waals surface area contributed by atoms with Crippen molar-refractivity contribution >= 4 is 23.7 Å². The van der Waals surface area contributed by atoms with Gasteiger partial charge >= 0.3 is 6.36 Å². The first kappa shape index (κ1) is 16.5. The Kier molecular flexibility index (Phi) is 4.68. The number of anilines is 2. The van der Waals surface area contributed by atoms with Gasteiger partial charge in [0.05, 0.1) is 17.6 Å². The van der Waals surface area contributed by atoms with Gasteiger partial charge in [-0.05, 0) is 42.8 Å². The number of aryl methyl sites for hydroxylation is 1. The summed E-state index contributed by atoms with van der Waals surface area (Å²) in [5, 5.41) is 3.00. The zero-order chi connectivity index (χ0) is 17.0. The quantitative estimate of drug-likeness (QED) is 0.866. The van der Waals surface area contributed by atoms with Gasteiger partial charge in [0.15, 0.2) is 0 Å². The largest absolute Gasteiger partial charge is 0.573 e. The fourth-order valence-corrected chi connectivity index (χ4v) is 1.89. The number of alkyl halides is 3. The Balaban J connectivity index is 2.23. The fraction of sp³-hybridized carbons (Fsp3) is 0.125. The number of nitrogens with one attached hydrogen (secondary N) is 1. The summed E-state index contributed by atoms with van der Waals surface area (Å²) in [6.07, 6.45) is -0.111. The molecule has 0 bridgehead atoms. The minimum atomic E-state index is -4.72. The molecule has 7 heteroatoms. The summed E-state index contributed by atoms with van der Waals surface area (Å²) in [5.41, 5.74) is 2.31. The molecule has 23 heavy (non-hydrogen) atoms. The van der Waals surface area contributed by atoms with Gasteiger partial charge in [-0.1, -0.05) is 13.2 Å². The van der Waals surface area contributed by atoms with Crippen LogP contribution in [0.15, 0.2) is 37.6 Å². The molecule has 1 aromatic heterocycles. The van der Waals surface area contributed by atoms with Gasteiger partial charge in [0.1, 0.15) is 11.6 Å². The van der Waals surface area contributed by atoms with Crippen LogP contribution in [-0.2, 0) is 0 Å². The molecule has 2 rings (SSSR count). The van der Waals surface area contributed by atoms with Gasteiger partial charge in [0, 0.05) is 5.69 Å². The number of hydrogen-bond donors (Lipinski definition) is 1. The second-order valence-electron chi connectivity index (χ2n) is 4.58. The number of ether oxygens (including phenoxy) is 1. The van der Waals surface area contributed by atoms with Crippen LogP contribution in [0.4, 0.5) is 24.7 Å². The zero-order valence-electron chi connectivity index (χ0n) is 12.3. The van der Waals surface area contributed by atoms with Crippen LogP contribution in [0.5, 0.6) is 5.75 Å². The molecule has 2 aromatic rings. The van der Waals surface area contributed by atoms with Crippen molar-refractivity contribution < 1.29 is 17.9 Å². The van der Waals surface area contributed by atoms with Crippen LogP contribution in [0.3, 0.4) is 0 Å². The average Bonchev–Trinajstić information content (AvgIpc) is 2.48. The molecule has 0 spiro atoms. The van der Waals surface area contributed by atoms with E-state index in [9.17, 15) is 13.2 Å². The minimum Gasteiger partial charge on any atom is -0.406 e. The van der Waals surface area contributed by atoms with E-state index in [2.05, 4.69) is 33.2 Å². The van der Waals surface area contributed by atoms with Crippen molar-refractivity contribution in [2.75, 3.05) is 5.32 Å². The summed E-state index contributed by atoms with van der Waals surface area (Å²) in [5.74, 6) is 0.165. The highest BCUT2D eigenvalue weighted by atomic mass is 19.4. The summed E-state index contributed by atoms with van der Waals surface area (Å²) in [4.78, 5) is 8.48. The molecular weight excluding hydrogens is 307 g/mol. The Morgan fingerprint density at radius 1 is 1.17 bits per heavy atom. The van der Waals surface area contributed by atoms with Crippen LogP contribution >= 0.6 is 0 Å². The van der Waals surface area contributed by atoms with Crippen molar-refractivity contribution in [3.05, 3.63) is 54.5 Å². The molecule has 4 nitrogen and oxygen atoms in total. The number of halogens is 3. The van der Waals surface area contributed by atoms with Gasteiger partial charge < -0.3 is 10.1 Å². The highest BCUT2D eigenvalue weighted by molar-refractivity contribution is 5.64. The summed E-state index contributed by atoms with van der Waals surface area (Å²) >= 11 is 0. The molecule has 0 aliphatic carbocycles. The van der Waals surface area contributed by atoms with E-state index in [0.29, 0.717) is 28.5 Å². The second kappa shape index (κ2) is 6.51. The third-order valence-electron chi connectivity index (χ3n) is 2.91. The molecule has 0 radical (unpaired) electrons. The lowest BCUT2D eigenvalue weighted by atomic mass is 10.2. The van der Waals surface area contributed by atoms with Gasteiger partial charge in [-0.2, -0.15) is 0 Å². The Hall–Kier alpha value is -2.83. The lowest BCUT2D eigenvalue weighted by molar-refractivity contribution is -0.274. The summed E-state index contributed by atoms with van der Waals surface area (Å²) < 4.78 is 40.5. The smallest absolute Gasteiger partial charge is 0.406 e. The van der Waals surface area contributed by atoms with Gasteiger partial charge in [-0.3, -0.25) is 4.98 Å². The maximum atomic E-state index is 12.2. The molecule has 0 saturated carbocycles. The molecule has 0 unspecified atom stereocenters. The van der Waals surface area contributed by atoms with Crippen molar-refractivity contribution in [3.8, 4) is 5.75 Å². The Morgan fingerprint density at radius 2 is 1.87 bits per heavy atom. The lowest BCUT2D eigenvalue weighted by Gasteiger charge is -2.13. The van der Waals surface area contributed by atoms with Crippen LogP contribution in [0.1, 0.15) is 17.0 Å². The van der Waals surface area contributed by atoms with E-state index in [1.54, 1.807) is 19.1 Å². The highest BCUT2D eigenvalue weighted by Crippen LogP contribution is 2.28. The van der Waals surface area contributed by atoms with E-state index >= 15 is 0 Å². The number of hydrogen-bond acceptors (Lipinski definition) is 4. The SMILES string of the molecule is C=Cc1ncc(Nc2ccc(OC(F)(F)F)cc2C)nc1C=C. The third kappa shape index (κ3) is 4.32. The van der Waals surface area contributed by atoms with Crippen molar-refractivity contribution in [2.45, 2.75) is 13.3 Å².